The first-order valence-corrected chi connectivity index (χ1v) is 8.83. The number of piperazine rings is 1. The fourth-order valence-corrected chi connectivity index (χ4v) is 3.22. The highest BCUT2D eigenvalue weighted by Crippen LogP contribution is 2.22. The molecule has 0 bridgehead atoms. The highest BCUT2D eigenvalue weighted by Gasteiger charge is 2.23. The number of fused-ring (bicyclic) bond motifs is 1. The van der Waals surface area contributed by atoms with Crippen molar-refractivity contribution in [1.82, 2.24) is 9.80 Å². The molecule has 1 fully saturated rings. The van der Waals surface area contributed by atoms with E-state index in [1.807, 2.05) is 61.2 Å². The van der Waals surface area contributed by atoms with E-state index in [1.54, 1.807) is 0 Å². The number of carbonyl (C=O) groups excluding carboxylic acids is 2. The fourth-order valence-electron chi connectivity index (χ4n) is 3.22. The van der Waals surface area contributed by atoms with E-state index < -0.39 is 0 Å². The van der Waals surface area contributed by atoms with Crippen molar-refractivity contribution in [2.45, 2.75) is 13.8 Å². The van der Waals surface area contributed by atoms with Crippen molar-refractivity contribution in [2.24, 2.45) is 5.92 Å². The number of hydrogen-bond acceptors (Lipinski definition) is 3. The van der Waals surface area contributed by atoms with Crippen molar-refractivity contribution in [3.05, 3.63) is 42.5 Å². The number of nitrogens with zero attached hydrogens (tertiary/aromatic N) is 2. The third kappa shape index (κ3) is 4.17. The molecule has 3 rings (SSSR count). The molecule has 1 saturated heterocycles. The predicted molar refractivity (Wildman–Crippen MR) is 100 cm³/mol. The first-order chi connectivity index (χ1) is 12.0. The second kappa shape index (κ2) is 7.66. The minimum Gasteiger partial charge on any atom is -0.340 e. The molecule has 25 heavy (non-hydrogen) atoms. The van der Waals surface area contributed by atoms with Gasteiger partial charge >= 0.3 is 0 Å². The van der Waals surface area contributed by atoms with Crippen molar-refractivity contribution in [3.8, 4) is 0 Å². The van der Waals surface area contributed by atoms with Crippen LogP contribution in [0.3, 0.4) is 0 Å². The first-order valence-electron chi connectivity index (χ1n) is 8.83. The van der Waals surface area contributed by atoms with Crippen LogP contribution in [0.4, 0.5) is 5.69 Å². The quantitative estimate of drug-likeness (QED) is 0.931. The molecule has 5 nitrogen and oxygen atoms in total. The summed E-state index contributed by atoms with van der Waals surface area (Å²) < 4.78 is 0. The molecule has 5 heteroatoms. The molecule has 2 aromatic rings. The summed E-state index contributed by atoms with van der Waals surface area (Å²) in [6.45, 7) is 7.06. The summed E-state index contributed by atoms with van der Waals surface area (Å²) in [5.41, 5.74) is 0.844. The zero-order chi connectivity index (χ0) is 17.8. The van der Waals surface area contributed by atoms with Gasteiger partial charge in [0.1, 0.15) is 0 Å². The Morgan fingerprint density at radius 1 is 1.00 bits per heavy atom. The average molecular weight is 339 g/mol. The summed E-state index contributed by atoms with van der Waals surface area (Å²) in [5, 5.41) is 5.18. The van der Waals surface area contributed by atoms with Crippen molar-refractivity contribution in [1.29, 1.82) is 0 Å². The molecular weight excluding hydrogens is 314 g/mol. The van der Waals surface area contributed by atoms with Crippen LogP contribution in [0.1, 0.15) is 13.8 Å². The van der Waals surface area contributed by atoms with Crippen molar-refractivity contribution in [2.75, 3.05) is 38.0 Å². The highest BCUT2D eigenvalue weighted by atomic mass is 16.2. The van der Waals surface area contributed by atoms with Crippen LogP contribution in [-0.2, 0) is 9.59 Å². The molecule has 1 heterocycles. The third-order valence-corrected chi connectivity index (χ3v) is 4.61. The molecule has 1 aliphatic heterocycles. The molecule has 0 aromatic heterocycles. The molecule has 2 amide bonds. The summed E-state index contributed by atoms with van der Waals surface area (Å²) in [6, 6.07) is 13.9. The van der Waals surface area contributed by atoms with E-state index >= 15 is 0 Å². The van der Waals surface area contributed by atoms with Gasteiger partial charge in [0.15, 0.2) is 0 Å². The molecule has 0 unspecified atom stereocenters. The molecule has 1 N–H and O–H groups in total. The van der Waals surface area contributed by atoms with Gasteiger partial charge in [-0.05, 0) is 11.5 Å². The Kier molecular flexibility index (Phi) is 5.34. The van der Waals surface area contributed by atoms with Gasteiger partial charge < -0.3 is 10.2 Å². The lowest BCUT2D eigenvalue weighted by molar-refractivity contribution is -0.136. The summed E-state index contributed by atoms with van der Waals surface area (Å²) in [4.78, 5) is 28.4. The van der Waals surface area contributed by atoms with Gasteiger partial charge in [-0.25, -0.2) is 0 Å². The molecule has 1 aliphatic rings. The van der Waals surface area contributed by atoms with E-state index in [4.69, 9.17) is 0 Å². The van der Waals surface area contributed by atoms with Crippen LogP contribution < -0.4 is 5.32 Å². The normalized spacial score (nSPS) is 15.6. The van der Waals surface area contributed by atoms with Crippen LogP contribution in [0.5, 0.6) is 0 Å². The van der Waals surface area contributed by atoms with Gasteiger partial charge in [-0.15, -0.1) is 0 Å². The minimum atomic E-state index is -0.0139. The van der Waals surface area contributed by atoms with Crippen molar-refractivity contribution < 1.29 is 9.59 Å². The van der Waals surface area contributed by atoms with Crippen molar-refractivity contribution in [3.63, 3.8) is 0 Å². The maximum absolute atomic E-state index is 12.4. The third-order valence-electron chi connectivity index (χ3n) is 4.61. The Hall–Kier alpha value is -2.40. The monoisotopic (exact) mass is 339 g/mol. The summed E-state index contributed by atoms with van der Waals surface area (Å²) in [5.74, 6) is 0.209. The molecule has 0 aliphatic carbocycles. The fraction of sp³-hybridized carbons (Fsp3) is 0.400. The number of nitrogens with one attached hydrogen (secondary N) is 1. The van der Waals surface area contributed by atoms with Gasteiger partial charge in [0.2, 0.25) is 11.8 Å². The van der Waals surface area contributed by atoms with E-state index in [1.165, 1.54) is 0 Å². The van der Waals surface area contributed by atoms with Gasteiger partial charge in [-0.3, -0.25) is 14.5 Å². The van der Waals surface area contributed by atoms with E-state index in [0.29, 0.717) is 19.6 Å². The Labute approximate surface area is 148 Å². The largest absolute Gasteiger partial charge is 0.340 e. The molecule has 132 valence electrons. The Morgan fingerprint density at radius 3 is 2.40 bits per heavy atom. The topological polar surface area (TPSA) is 52.7 Å². The van der Waals surface area contributed by atoms with E-state index in [0.717, 1.165) is 29.5 Å². The standard InChI is InChI=1S/C20H25N3O2/c1-15(2)20(25)23-12-10-22(11-13-23)14-19(24)21-18-9-5-7-16-6-3-4-8-17(16)18/h3-9,15H,10-14H2,1-2H3,(H,21,24). The molecule has 0 radical (unpaired) electrons. The number of benzene rings is 2. The predicted octanol–water partition coefficient (Wildman–Crippen LogP) is 2.58. The molecule has 0 saturated carbocycles. The second-order valence-electron chi connectivity index (χ2n) is 6.83. The number of hydrogen-bond donors (Lipinski definition) is 1. The van der Waals surface area contributed by atoms with Crippen molar-refractivity contribution >= 4 is 28.3 Å². The van der Waals surface area contributed by atoms with Crippen LogP contribution in [-0.4, -0.2) is 54.3 Å². The number of rotatable bonds is 4. The lowest BCUT2D eigenvalue weighted by Crippen LogP contribution is -2.51. The first kappa shape index (κ1) is 17.4. The van der Waals surface area contributed by atoms with Gasteiger partial charge in [-0.2, -0.15) is 0 Å². The maximum atomic E-state index is 12.4. The Bertz CT molecular complexity index is 759. The summed E-state index contributed by atoms with van der Waals surface area (Å²) >= 11 is 0. The van der Waals surface area contributed by atoms with E-state index in [-0.39, 0.29) is 17.7 Å². The van der Waals surface area contributed by atoms with Crippen LogP contribution >= 0.6 is 0 Å². The number of carbonyl (C=O) groups is 2. The maximum Gasteiger partial charge on any atom is 0.238 e. The zero-order valence-corrected chi connectivity index (χ0v) is 14.9. The second-order valence-corrected chi connectivity index (χ2v) is 6.83. The van der Waals surface area contributed by atoms with E-state index in [9.17, 15) is 9.59 Å². The lowest BCUT2D eigenvalue weighted by Gasteiger charge is -2.35. The van der Waals surface area contributed by atoms with E-state index in [2.05, 4.69) is 10.2 Å². The van der Waals surface area contributed by atoms with Crippen LogP contribution in [0.2, 0.25) is 0 Å². The van der Waals surface area contributed by atoms with Crippen LogP contribution in [0.25, 0.3) is 10.8 Å². The summed E-state index contributed by atoms with van der Waals surface area (Å²) in [7, 11) is 0. The van der Waals surface area contributed by atoms with Crippen LogP contribution in [0, 0.1) is 5.92 Å². The number of anilines is 1. The van der Waals surface area contributed by atoms with Gasteiger partial charge in [-0.1, -0.05) is 50.2 Å². The Balaban J connectivity index is 1.56. The van der Waals surface area contributed by atoms with Gasteiger partial charge in [0, 0.05) is 43.2 Å². The molecule has 0 atom stereocenters. The average Bonchev–Trinajstić information content (AvgIpc) is 2.62. The summed E-state index contributed by atoms with van der Waals surface area (Å²) in [6.07, 6.45) is 0. The van der Waals surface area contributed by atoms with Gasteiger partial charge in [0.05, 0.1) is 6.54 Å². The molecular formula is C20H25N3O2. The smallest absolute Gasteiger partial charge is 0.238 e. The van der Waals surface area contributed by atoms with Crippen LogP contribution in [0.15, 0.2) is 42.5 Å². The zero-order valence-electron chi connectivity index (χ0n) is 14.9. The lowest BCUT2D eigenvalue weighted by atomic mass is 10.1. The molecule has 2 aromatic carbocycles. The number of amides is 2. The highest BCUT2D eigenvalue weighted by molar-refractivity contribution is 6.02. The van der Waals surface area contributed by atoms with Gasteiger partial charge in [0.25, 0.3) is 0 Å². The SMILES string of the molecule is CC(C)C(=O)N1CCN(CC(=O)Nc2cccc3ccccc23)CC1. The Morgan fingerprint density at radius 2 is 1.68 bits per heavy atom. The molecule has 0 spiro atoms. The minimum absolute atomic E-state index is 0.0139.